The molecule has 0 aromatic carbocycles. The van der Waals surface area contributed by atoms with E-state index in [0.717, 1.165) is 17.0 Å². The van der Waals surface area contributed by atoms with E-state index in [1.807, 2.05) is 20.0 Å². The Hall–Kier alpha value is -2.24. The number of methoxy groups -OCH3 is 1. The topological polar surface area (TPSA) is 69.9 Å². The fourth-order valence-electron chi connectivity index (χ4n) is 1.54. The van der Waals surface area contributed by atoms with Crippen molar-refractivity contribution in [3.63, 3.8) is 0 Å². The summed E-state index contributed by atoms with van der Waals surface area (Å²) < 4.78 is 6.27. The Bertz CT molecular complexity index is 545. The number of nitrogens with zero attached hydrogens (tertiary/aromatic N) is 4. The molecular formula is C11H12N4O2. The highest BCUT2D eigenvalue weighted by molar-refractivity contribution is 5.85. The quantitative estimate of drug-likeness (QED) is 0.721. The van der Waals surface area contributed by atoms with Crippen molar-refractivity contribution in [1.29, 1.82) is 0 Å². The fraction of sp³-hybridized carbons (Fsp3) is 0.273. The van der Waals surface area contributed by atoms with Gasteiger partial charge in [-0.3, -0.25) is 4.68 Å². The lowest BCUT2D eigenvalue weighted by molar-refractivity contribution is 0.0586. The Labute approximate surface area is 98.3 Å². The molecule has 0 unspecified atom stereocenters. The van der Waals surface area contributed by atoms with E-state index in [0.29, 0.717) is 0 Å². The van der Waals surface area contributed by atoms with Crippen LogP contribution >= 0.6 is 0 Å². The lowest BCUT2D eigenvalue weighted by Crippen LogP contribution is -2.07. The minimum absolute atomic E-state index is 0.0511. The average molecular weight is 232 g/mol. The van der Waals surface area contributed by atoms with Crippen molar-refractivity contribution in [2.45, 2.75) is 6.92 Å². The van der Waals surface area contributed by atoms with Gasteiger partial charge >= 0.3 is 5.97 Å². The molecule has 6 heteroatoms. The molecule has 2 aromatic rings. The first-order valence-corrected chi connectivity index (χ1v) is 5.03. The first kappa shape index (κ1) is 11.3. The van der Waals surface area contributed by atoms with Gasteiger partial charge in [-0.1, -0.05) is 0 Å². The van der Waals surface area contributed by atoms with E-state index < -0.39 is 5.97 Å². The predicted octanol–water partition coefficient (Wildman–Crippen LogP) is 0.972. The molecule has 88 valence electrons. The van der Waals surface area contributed by atoms with Crippen LogP contribution in [0.25, 0.3) is 11.3 Å². The maximum Gasteiger partial charge on any atom is 0.376 e. The number of carbonyl (C=O) groups excluding carboxylic acids is 1. The van der Waals surface area contributed by atoms with Gasteiger partial charge in [0.05, 0.1) is 18.5 Å². The minimum atomic E-state index is -0.544. The first-order chi connectivity index (χ1) is 8.11. The van der Waals surface area contributed by atoms with Crippen LogP contribution in [0.4, 0.5) is 0 Å². The third-order valence-corrected chi connectivity index (χ3v) is 2.32. The molecule has 0 amide bonds. The summed E-state index contributed by atoms with van der Waals surface area (Å²) in [4.78, 5) is 19.1. The fourth-order valence-corrected chi connectivity index (χ4v) is 1.54. The molecule has 0 aliphatic carbocycles. The van der Waals surface area contributed by atoms with E-state index in [1.54, 1.807) is 17.1 Å². The van der Waals surface area contributed by atoms with Gasteiger partial charge in [0.15, 0.2) is 0 Å². The zero-order chi connectivity index (χ0) is 12.4. The number of ether oxygens (including phenoxy) is 1. The van der Waals surface area contributed by atoms with Crippen LogP contribution in [0.15, 0.2) is 18.5 Å². The van der Waals surface area contributed by atoms with Crippen molar-refractivity contribution >= 4 is 5.97 Å². The molecule has 0 N–H and O–H groups in total. The molecule has 6 nitrogen and oxygen atoms in total. The number of aryl methyl sites for hydroxylation is 2. The second-order valence-electron chi connectivity index (χ2n) is 3.58. The van der Waals surface area contributed by atoms with Crippen molar-refractivity contribution in [2.24, 2.45) is 7.05 Å². The van der Waals surface area contributed by atoms with Crippen LogP contribution in [0, 0.1) is 6.92 Å². The van der Waals surface area contributed by atoms with Gasteiger partial charge in [-0.2, -0.15) is 5.10 Å². The highest BCUT2D eigenvalue weighted by Gasteiger charge is 2.10. The molecule has 0 atom stereocenters. The highest BCUT2D eigenvalue weighted by atomic mass is 16.5. The molecule has 0 aliphatic rings. The second-order valence-corrected chi connectivity index (χ2v) is 3.58. The summed E-state index contributed by atoms with van der Waals surface area (Å²) in [6.45, 7) is 1.91. The summed E-state index contributed by atoms with van der Waals surface area (Å²) in [6, 6.07) is 1.93. The van der Waals surface area contributed by atoms with Gasteiger partial charge in [-0.25, -0.2) is 14.8 Å². The maximum atomic E-state index is 11.2. The van der Waals surface area contributed by atoms with Crippen LogP contribution in [0.3, 0.4) is 0 Å². The van der Waals surface area contributed by atoms with Crippen LogP contribution < -0.4 is 0 Å². The van der Waals surface area contributed by atoms with E-state index in [-0.39, 0.29) is 5.82 Å². The first-order valence-electron chi connectivity index (χ1n) is 5.03. The summed E-state index contributed by atoms with van der Waals surface area (Å²) in [6.07, 6.45) is 3.16. The smallest absolute Gasteiger partial charge is 0.376 e. The largest absolute Gasteiger partial charge is 0.463 e. The monoisotopic (exact) mass is 232 g/mol. The Morgan fingerprint density at radius 3 is 2.47 bits per heavy atom. The normalized spacial score (nSPS) is 10.3. The van der Waals surface area contributed by atoms with Gasteiger partial charge < -0.3 is 4.74 Å². The van der Waals surface area contributed by atoms with Crippen molar-refractivity contribution < 1.29 is 9.53 Å². The van der Waals surface area contributed by atoms with Crippen molar-refractivity contribution in [1.82, 2.24) is 19.7 Å². The Kier molecular flexibility index (Phi) is 2.86. The standard InChI is InChI=1S/C11H12N4O2/c1-7-4-9(15(2)14-7)8-5-12-10(13-6-8)11(16)17-3/h4-6H,1-3H3. The lowest BCUT2D eigenvalue weighted by atomic mass is 10.2. The summed E-state index contributed by atoms with van der Waals surface area (Å²) in [5, 5.41) is 4.23. The third-order valence-electron chi connectivity index (χ3n) is 2.32. The van der Waals surface area contributed by atoms with Crippen LogP contribution in [-0.4, -0.2) is 32.8 Å². The Balaban J connectivity index is 2.35. The van der Waals surface area contributed by atoms with E-state index in [9.17, 15) is 4.79 Å². The highest BCUT2D eigenvalue weighted by Crippen LogP contribution is 2.17. The molecule has 2 aromatic heterocycles. The van der Waals surface area contributed by atoms with Gasteiger partial charge in [0.2, 0.25) is 5.82 Å². The van der Waals surface area contributed by atoms with E-state index in [2.05, 4.69) is 19.8 Å². The molecule has 0 spiro atoms. The molecule has 0 bridgehead atoms. The second kappa shape index (κ2) is 4.32. The molecule has 0 radical (unpaired) electrons. The summed E-state index contributed by atoms with van der Waals surface area (Å²) in [7, 11) is 3.14. The SMILES string of the molecule is COC(=O)c1ncc(-c2cc(C)nn2C)cn1. The van der Waals surface area contributed by atoms with Gasteiger partial charge in [0.25, 0.3) is 0 Å². The van der Waals surface area contributed by atoms with E-state index in [4.69, 9.17) is 0 Å². The zero-order valence-electron chi connectivity index (χ0n) is 9.84. The van der Waals surface area contributed by atoms with Crippen molar-refractivity contribution in [2.75, 3.05) is 7.11 Å². The molecular weight excluding hydrogens is 220 g/mol. The molecule has 0 aliphatic heterocycles. The van der Waals surface area contributed by atoms with Crippen LogP contribution in [0.1, 0.15) is 16.3 Å². The third kappa shape index (κ3) is 2.15. The van der Waals surface area contributed by atoms with Crippen LogP contribution in [-0.2, 0) is 11.8 Å². The van der Waals surface area contributed by atoms with Gasteiger partial charge in [-0.15, -0.1) is 0 Å². The lowest BCUT2D eigenvalue weighted by Gasteiger charge is -2.01. The van der Waals surface area contributed by atoms with Crippen LogP contribution in [0.5, 0.6) is 0 Å². The zero-order valence-corrected chi connectivity index (χ0v) is 9.84. The van der Waals surface area contributed by atoms with Gasteiger partial charge in [0, 0.05) is 25.0 Å². The number of esters is 1. The Morgan fingerprint density at radius 1 is 1.35 bits per heavy atom. The van der Waals surface area contributed by atoms with Crippen molar-refractivity contribution in [3.8, 4) is 11.3 Å². The number of rotatable bonds is 2. The molecule has 0 saturated heterocycles. The summed E-state index contributed by atoms with van der Waals surface area (Å²) in [5.41, 5.74) is 2.62. The average Bonchev–Trinajstić information content (AvgIpc) is 2.68. The summed E-state index contributed by atoms with van der Waals surface area (Å²) >= 11 is 0. The Morgan fingerprint density at radius 2 is 2.00 bits per heavy atom. The molecule has 17 heavy (non-hydrogen) atoms. The molecule has 2 heterocycles. The van der Waals surface area contributed by atoms with Gasteiger partial charge in [-0.05, 0) is 13.0 Å². The number of aromatic nitrogens is 4. The number of carbonyl (C=O) groups is 1. The maximum absolute atomic E-state index is 11.2. The van der Waals surface area contributed by atoms with E-state index >= 15 is 0 Å². The summed E-state index contributed by atoms with van der Waals surface area (Å²) in [5.74, 6) is -0.493. The predicted molar refractivity (Wildman–Crippen MR) is 60.3 cm³/mol. The minimum Gasteiger partial charge on any atom is -0.463 e. The molecule has 0 saturated carbocycles. The number of hydrogen-bond acceptors (Lipinski definition) is 5. The van der Waals surface area contributed by atoms with Crippen molar-refractivity contribution in [3.05, 3.63) is 30.0 Å². The molecule has 2 rings (SSSR count). The van der Waals surface area contributed by atoms with Crippen LogP contribution in [0.2, 0.25) is 0 Å². The molecule has 0 fully saturated rings. The van der Waals surface area contributed by atoms with E-state index in [1.165, 1.54) is 7.11 Å². The van der Waals surface area contributed by atoms with Gasteiger partial charge in [0.1, 0.15) is 0 Å². The number of hydrogen-bond donors (Lipinski definition) is 0.